The van der Waals surface area contributed by atoms with Gasteiger partial charge in [-0.05, 0) is 49.2 Å². The van der Waals surface area contributed by atoms with E-state index in [0.717, 1.165) is 29.6 Å². The molecule has 0 bridgehead atoms. The average Bonchev–Trinajstić information content (AvgIpc) is 2.56. The highest BCUT2D eigenvalue weighted by Crippen LogP contribution is 2.20. The fourth-order valence-electron chi connectivity index (χ4n) is 2.60. The van der Waals surface area contributed by atoms with Gasteiger partial charge in [-0.15, -0.1) is 0 Å². The first-order valence-electron chi connectivity index (χ1n) is 7.34. The minimum Gasteiger partial charge on any atom is -0.488 e. The van der Waals surface area contributed by atoms with Gasteiger partial charge in [-0.3, -0.25) is 9.78 Å². The number of nitrogens with zero attached hydrogens (tertiary/aromatic N) is 2. The Kier molecular flexibility index (Phi) is 4.73. The Hall–Kier alpha value is -1.88. The Balaban J connectivity index is 1.65. The molecule has 1 aromatic carbocycles. The van der Waals surface area contributed by atoms with Crippen LogP contribution in [0.4, 0.5) is 0 Å². The zero-order valence-corrected chi connectivity index (χ0v) is 13.7. The first-order valence-corrected chi connectivity index (χ1v) is 8.13. The molecule has 1 aromatic heterocycles. The maximum Gasteiger partial charge on any atom is 0.253 e. The lowest BCUT2D eigenvalue weighted by Gasteiger charge is -2.33. The van der Waals surface area contributed by atoms with Gasteiger partial charge in [0.25, 0.3) is 5.91 Å². The molecule has 0 radical (unpaired) electrons. The summed E-state index contributed by atoms with van der Waals surface area (Å²) < 4.78 is 6.92. The molecule has 1 amide bonds. The normalized spacial score (nSPS) is 18.0. The Morgan fingerprint density at radius 1 is 1.18 bits per heavy atom. The first kappa shape index (κ1) is 15.0. The van der Waals surface area contributed by atoms with Crippen molar-refractivity contribution >= 4 is 21.8 Å². The van der Waals surface area contributed by atoms with Gasteiger partial charge in [-0.1, -0.05) is 15.9 Å². The molecule has 0 saturated carbocycles. The standard InChI is InChI=1S/C17H17BrN2O2/c18-14-5-3-13(4-6-14)17(21)20-11-1-2-16(12-20)22-15-7-9-19-10-8-15/h3-10,16H,1-2,11-12H2/t16-/m0/s1. The number of benzene rings is 1. The van der Waals surface area contributed by atoms with Gasteiger partial charge in [0.05, 0.1) is 6.54 Å². The molecule has 4 nitrogen and oxygen atoms in total. The Morgan fingerprint density at radius 3 is 2.64 bits per heavy atom. The second kappa shape index (κ2) is 6.92. The number of hydrogen-bond acceptors (Lipinski definition) is 3. The molecule has 0 N–H and O–H groups in total. The number of amides is 1. The Morgan fingerprint density at radius 2 is 1.91 bits per heavy atom. The van der Waals surface area contributed by atoms with Crippen molar-refractivity contribution in [2.45, 2.75) is 18.9 Å². The van der Waals surface area contributed by atoms with Gasteiger partial charge in [0.2, 0.25) is 0 Å². The number of carbonyl (C=O) groups is 1. The molecule has 1 atom stereocenters. The predicted octanol–water partition coefficient (Wildman–Crippen LogP) is 3.53. The molecule has 0 aliphatic carbocycles. The number of halogens is 1. The Labute approximate surface area is 138 Å². The van der Waals surface area contributed by atoms with Crippen LogP contribution in [-0.4, -0.2) is 35.0 Å². The molecule has 2 aromatic rings. The third kappa shape index (κ3) is 3.65. The molecular formula is C17H17BrN2O2. The largest absolute Gasteiger partial charge is 0.488 e. The second-order valence-electron chi connectivity index (χ2n) is 5.32. The van der Waals surface area contributed by atoms with Crippen LogP contribution in [0.3, 0.4) is 0 Å². The van der Waals surface area contributed by atoms with E-state index in [9.17, 15) is 4.79 Å². The summed E-state index contributed by atoms with van der Waals surface area (Å²) in [5, 5.41) is 0. The van der Waals surface area contributed by atoms with E-state index in [1.165, 1.54) is 0 Å². The van der Waals surface area contributed by atoms with E-state index in [2.05, 4.69) is 20.9 Å². The van der Waals surface area contributed by atoms with Crippen LogP contribution < -0.4 is 4.74 Å². The summed E-state index contributed by atoms with van der Waals surface area (Å²) in [5.74, 6) is 0.869. The van der Waals surface area contributed by atoms with Crippen LogP contribution in [0.15, 0.2) is 53.3 Å². The van der Waals surface area contributed by atoms with E-state index >= 15 is 0 Å². The lowest BCUT2D eigenvalue weighted by Crippen LogP contribution is -2.44. The molecule has 1 fully saturated rings. The molecular weight excluding hydrogens is 344 g/mol. The molecule has 22 heavy (non-hydrogen) atoms. The topological polar surface area (TPSA) is 42.4 Å². The van der Waals surface area contributed by atoms with E-state index in [0.29, 0.717) is 12.1 Å². The van der Waals surface area contributed by atoms with Crippen LogP contribution in [0.1, 0.15) is 23.2 Å². The van der Waals surface area contributed by atoms with Crippen molar-refractivity contribution in [1.29, 1.82) is 0 Å². The van der Waals surface area contributed by atoms with Crippen molar-refractivity contribution in [2.24, 2.45) is 0 Å². The van der Waals surface area contributed by atoms with E-state index < -0.39 is 0 Å². The minimum atomic E-state index is 0.0375. The third-order valence-corrected chi connectivity index (χ3v) is 4.24. The van der Waals surface area contributed by atoms with E-state index in [-0.39, 0.29) is 12.0 Å². The minimum absolute atomic E-state index is 0.0375. The third-order valence-electron chi connectivity index (χ3n) is 3.71. The van der Waals surface area contributed by atoms with Gasteiger partial charge in [-0.25, -0.2) is 0 Å². The van der Waals surface area contributed by atoms with Gasteiger partial charge in [0.1, 0.15) is 11.9 Å². The van der Waals surface area contributed by atoms with Crippen LogP contribution in [0.5, 0.6) is 5.75 Å². The summed E-state index contributed by atoms with van der Waals surface area (Å²) in [4.78, 5) is 18.4. The Bertz CT molecular complexity index is 631. The summed E-state index contributed by atoms with van der Waals surface area (Å²) in [6.45, 7) is 1.41. The average molecular weight is 361 g/mol. The molecule has 5 heteroatoms. The quantitative estimate of drug-likeness (QED) is 0.840. The maximum absolute atomic E-state index is 12.6. The highest BCUT2D eigenvalue weighted by molar-refractivity contribution is 9.10. The highest BCUT2D eigenvalue weighted by atomic mass is 79.9. The number of carbonyl (C=O) groups excluding carboxylic acids is 1. The predicted molar refractivity (Wildman–Crippen MR) is 87.9 cm³/mol. The van der Waals surface area contributed by atoms with Gasteiger partial charge in [-0.2, -0.15) is 0 Å². The smallest absolute Gasteiger partial charge is 0.253 e. The molecule has 1 aliphatic heterocycles. The summed E-state index contributed by atoms with van der Waals surface area (Å²) >= 11 is 3.39. The lowest BCUT2D eigenvalue weighted by molar-refractivity contribution is 0.0538. The fraction of sp³-hybridized carbons (Fsp3) is 0.294. The van der Waals surface area contributed by atoms with Gasteiger partial charge in [0, 0.05) is 29.0 Å². The second-order valence-corrected chi connectivity index (χ2v) is 6.24. The van der Waals surface area contributed by atoms with E-state index in [1.807, 2.05) is 41.3 Å². The molecule has 1 saturated heterocycles. The van der Waals surface area contributed by atoms with Crippen LogP contribution in [-0.2, 0) is 0 Å². The molecule has 114 valence electrons. The van der Waals surface area contributed by atoms with Crippen molar-refractivity contribution in [3.8, 4) is 5.75 Å². The van der Waals surface area contributed by atoms with Crippen molar-refractivity contribution in [3.63, 3.8) is 0 Å². The summed E-state index contributed by atoms with van der Waals surface area (Å²) in [7, 11) is 0. The monoisotopic (exact) mass is 360 g/mol. The molecule has 3 rings (SSSR count). The van der Waals surface area contributed by atoms with Crippen molar-refractivity contribution in [1.82, 2.24) is 9.88 Å². The molecule has 1 aliphatic rings. The first-order chi connectivity index (χ1) is 10.7. The number of piperidine rings is 1. The molecule has 0 spiro atoms. The van der Waals surface area contributed by atoms with Gasteiger partial charge < -0.3 is 9.64 Å². The number of likely N-dealkylation sites (tertiary alicyclic amines) is 1. The van der Waals surface area contributed by atoms with Crippen LogP contribution >= 0.6 is 15.9 Å². The zero-order chi connectivity index (χ0) is 15.4. The summed E-state index contributed by atoms with van der Waals surface area (Å²) in [6, 6.07) is 11.2. The van der Waals surface area contributed by atoms with E-state index in [1.54, 1.807) is 12.4 Å². The number of ether oxygens (including phenoxy) is 1. The number of hydrogen-bond donors (Lipinski definition) is 0. The van der Waals surface area contributed by atoms with Gasteiger partial charge in [0.15, 0.2) is 0 Å². The zero-order valence-electron chi connectivity index (χ0n) is 12.1. The lowest BCUT2D eigenvalue weighted by atomic mass is 10.1. The molecule has 0 unspecified atom stereocenters. The number of pyridine rings is 1. The van der Waals surface area contributed by atoms with Crippen molar-refractivity contribution in [3.05, 3.63) is 58.8 Å². The van der Waals surface area contributed by atoms with Crippen molar-refractivity contribution < 1.29 is 9.53 Å². The maximum atomic E-state index is 12.6. The van der Waals surface area contributed by atoms with Gasteiger partial charge >= 0.3 is 0 Å². The van der Waals surface area contributed by atoms with Crippen LogP contribution in [0.25, 0.3) is 0 Å². The SMILES string of the molecule is O=C(c1ccc(Br)cc1)N1CCC[C@H](Oc2ccncc2)C1. The number of rotatable bonds is 3. The summed E-state index contributed by atoms with van der Waals surface area (Å²) in [5.41, 5.74) is 0.716. The van der Waals surface area contributed by atoms with E-state index in [4.69, 9.17) is 4.74 Å². The highest BCUT2D eigenvalue weighted by Gasteiger charge is 2.25. The summed E-state index contributed by atoms with van der Waals surface area (Å²) in [6.07, 6.45) is 5.38. The van der Waals surface area contributed by atoms with Crippen molar-refractivity contribution in [2.75, 3.05) is 13.1 Å². The van der Waals surface area contributed by atoms with Crippen LogP contribution in [0, 0.1) is 0 Å². The molecule has 2 heterocycles. The number of aromatic nitrogens is 1. The fourth-order valence-corrected chi connectivity index (χ4v) is 2.87. The van der Waals surface area contributed by atoms with Crippen LogP contribution in [0.2, 0.25) is 0 Å².